The molecule has 0 aliphatic carbocycles. The Kier molecular flexibility index (Phi) is 10.9. The largest absolute Gasteiger partial charge is 0.451 e. The van der Waals surface area contributed by atoms with Gasteiger partial charge in [-0.15, -0.1) is 0 Å². The lowest BCUT2D eigenvalue weighted by molar-refractivity contribution is -0.145. The van der Waals surface area contributed by atoms with E-state index in [4.69, 9.17) is 4.74 Å². The minimum Gasteiger partial charge on any atom is -0.451 e. The quantitative estimate of drug-likeness (QED) is 0.410. The zero-order chi connectivity index (χ0) is 29.7. The number of hydrogen-bond acceptors (Lipinski definition) is 6. The smallest absolute Gasteiger partial charge is 0.316 e. The number of likely N-dealkylation sites (tertiary alicyclic amines) is 1. The summed E-state index contributed by atoms with van der Waals surface area (Å²) in [6, 6.07) is 3.88. The Morgan fingerprint density at radius 3 is 2.33 bits per heavy atom. The van der Waals surface area contributed by atoms with Crippen LogP contribution in [0, 0.1) is 5.92 Å². The van der Waals surface area contributed by atoms with Crippen LogP contribution in [0.15, 0.2) is 24.3 Å². The van der Waals surface area contributed by atoms with Crippen molar-refractivity contribution in [2.24, 2.45) is 5.92 Å². The fourth-order valence-electron chi connectivity index (χ4n) is 4.26. The van der Waals surface area contributed by atoms with Crippen molar-refractivity contribution in [2.75, 3.05) is 13.6 Å². The van der Waals surface area contributed by atoms with Gasteiger partial charge in [-0.2, -0.15) is 4.39 Å². The topological polar surface area (TPSA) is 128 Å². The third kappa shape index (κ3) is 8.91. The van der Waals surface area contributed by atoms with Crippen LogP contribution in [0.25, 0.3) is 0 Å². The summed E-state index contributed by atoms with van der Waals surface area (Å²) in [5.41, 5.74) is -0.739. The molecule has 1 fully saturated rings. The fraction of sp³-hybridized carbons (Fsp3) is 0.643. The summed E-state index contributed by atoms with van der Waals surface area (Å²) in [5.74, 6) is -2.62. The number of alkyl halides is 1. The molecule has 1 aliphatic heterocycles. The summed E-state index contributed by atoms with van der Waals surface area (Å²) < 4.78 is 19.8. The molecular formula is C28H43FN4O6. The van der Waals surface area contributed by atoms with E-state index in [9.17, 15) is 28.7 Å². The van der Waals surface area contributed by atoms with Crippen molar-refractivity contribution in [1.82, 2.24) is 20.4 Å². The summed E-state index contributed by atoms with van der Waals surface area (Å²) in [6.45, 7) is 12.5. The van der Waals surface area contributed by atoms with E-state index >= 15 is 0 Å². The number of aliphatic hydroxyl groups excluding tert-OH is 1. The Bertz CT molecular complexity index is 1040. The number of ether oxygens (including phenoxy) is 1. The Morgan fingerprint density at radius 2 is 1.77 bits per heavy atom. The lowest BCUT2D eigenvalue weighted by Gasteiger charge is -2.32. The molecule has 10 nitrogen and oxygen atoms in total. The van der Waals surface area contributed by atoms with E-state index in [1.807, 2.05) is 27.7 Å². The van der Waals surface area contributed by atoms with Gasteiger partial charge in [0.2, 0.25) is 11.8 Å². The lowest BCUT2D eigenvalue weighted by Crippen LogP contribution is -2.54. The molecule has 1 aliphatic rings. The summed E-state index contributed by atoms with van der Waals surface area (Å²) in [5, 5.41) is 15.5. The third-order valence-corrected chi connectivity index (χ3v) is 6.35. The van der Waals surface area contributed by atoms with Gasteiger partial charge in [-0.3, -0.25) is 19.2 Å². The van der Waals surface area contributed by atoms with Crippen LogP contribution in [0.5, 0.6) is 5.75 Å². The molecule has 4 amide bonds. The number of nitrogens with one attached hydrogen (secondary N) is 2. The molecule has 3 N–H and O–H groups in total. The van der Waals surface area contributed by atoms with Crippen LogP contribution in [0.4, 0.5) is 4.39 Å². The number of halogens is 1. The molecule has 1 saturated heterocycles. The monoisotopic (exact) mass is 550 g/mol. The van der Waals surface area contributed by atoms with E-state index in [-0.39, 0.29) is 48.6 Å². The van der Waals surface area contributed by atoms with Gasteiger partial charge in [-0.25, -0.2) is 0 Å². The molecule has 0 spiro atoms. The number of carbonyl (C=O) groups excluding carboxylic acids is 4. The summed E-state index contributed by atoms with van der Waals surface area (Å²) in [4.78, 5) is 55.1. The Hall–Kier alpha value is -3.21. The van der Waals surface area contributed by atoms with Crippen molar-refractivity contribution in [2.45, 2.75) is 97.4 Å². The van der Waals surface area contributed by atoms with E-state index in [1.54, 1.807) is 33.9 Å². The fourth-order valence-corrected chi connectivity index (χ4v) is 4.26. The molecule has 1 aromatic carbocycles. The van der Waals surface area contributed by atoms with Gasteiger partial charge in [-0.05, 0) is 59.1 Å². The minimum absolute atomic E-state index is 0.00192. The number of carbonyl (C=O) groups is 4. The molecule has 218 valence electrons. The average Bonchev–Trinajstić information content (AvgIpc) is 3.22. The number of likely N-dealkylation sites (N-methyl/N-ethyl adjacent to an activating group) is 1. The van der Waals surface area contributed by atoms with Gasteiger partial charge in [-0.1, -0.05) is 26.0 Å². The first kappa shape index (κ1) is 32.0. The van der Waals surface area contributed by atoms with Crippen molar-refractivity contribution < 1.29 is 33.4 Å². The van der Waals surface area contributed by atoms with Gasteiger partial charge in [0, 0.05) is 31.6 Å². The number of benzene rings is 1. The van der Waals surface area contributed by atoms with E-state index < -0.39 is 47.8 Å². The first-order valence-corrected chi connectivity index (χ1v) is 13.3. The number of β-amino-alcohol motifs (C(OH)–C–C–N with tert-alkyl or cyclic N) is 1. The van der Waals surface area contributed by atoms with Crippen molar-refractivity contribution in [3.05, 3.63) is 29.8 Å². The van der Waals surface area contributed by atoms with Gasteiger partial charge in [0.15, 0.2) is 0 Å². The average molecular weight is 551 g/mol. The Morgan fingerprint density at radius 1 is 1.15 bits per heavy atom. The number of para-hydroxylation sites is 1. The predicted molar refractivity (Wildman–Crippen MR) is 145 cm³/mol. The van der Waals surface area contributed by atoms with Gasteiger partial charge >= 0.3 is 6.36 Å². The maximum Gasteiger partial charge on any atom is 0.316 e. The number of aliphatic hydroxyl groups is 1. The van der Waals surface area contributed by atoms with Gasteiger partial charge in [0.25, 0.3) is 11.8 Å². The van der Waals surface area contributed by atoms with Crippen LogP contribution in [0.3, 0.4) is 0 Å². The maximum atomic E-state index is 14.6. The second-order valence-corrected chi connectivity index (χ2v) is 11.8. The highest BCUT2D eigenvalue weighted by atomic mass is 19.1. The Balaban J connectivity index is 2.27. The SMILES string of the molecule is CC(C)C[C@@H](NC(=O)c1ccccc1O[C@@H](F)C(=O)NC(C)(C)C)C(=O)N1C[C@@H](O)C[C@@H]1C(=O)N(C)C(C)C. The standard InChI is InChI=1S/C28H43FN4O6/c1-16(2)13-20(26(37)33-15-18(34)14-21(33)27(38)32(8)17(3)4)30-24(35)19-11-9-10-12-22(19)39-23(29)25(36)31-28(5,6)7/h9-12,16-18,20-21,23,34H,13-15H2,1-8H3,(H,30,35)(H,31,36)/t18-,20+,21+,23+/m0/s1. The van der Waals surface area contributed by atoms with Crippen molar-refractivity contribution in [3.8, 4) is 5.75 Å². The zero-order valence-corrected chi connectivity index (χ0v) is 24.2. The predicted octanol–water partition coefficient (Wildman–Crippen LogP) is 2.25. The molecule has 0 bridgehead atoms. The first-order chi connectivity index (χ1) is 18.0. The highest BCUT2D eigenvalue weighted by molar-refractivity contribution is 6.00. The van der Waals surface area contributed by atoms with E-state index in [0.29, 0.717) is 0 Å². The second-order valence-electron chi connectivity index (χ2n) is 11.8. The van der Waals surface area contributed by atoms with Gasteiger partial charge in [0.1, 0.15) is 17.8 Å². The van der Waals surface area contributed by atoms with Crippen LogP contribution < -0.4 is 15.4 Å². The molecule has 0 aromatic heterocycles. The highest BCUT2D eigenvalue weighted by Crippen LogP contribution is 2.24. The maximum absolute atomic E-state index is 14.6. The molecule has 39 heavy (non-hydrogen) atoms. The normalized spacial score (nSPS) is 19.0. The molecule has 2 rings (SSSR count). The molecule has 11 heteroatoms. The van der Waals surface area contributed by atoms with Crippen molar-refractivity contribution in [1.29, 1.82) is 0 Å². The lowest BCUT2D eigenvalue weighted by atomic mass is 10.0. The van der Waals surface area contributed by atoms with Crippen LogP contribution in [-0.4, -0.2) is 88.3 Å². The summed E-state index contributed by atoms with van der Waals surface area (Å²) in [7, 11) is 1.64. The molecule has 4 atom stereocenters. The van der Waals surface area contributed by atoms with E-state index in [0.717, 1.165) is 0 Å². The molecule has 0 saturated carbocycles. The molecule has 0 radical (unpaired) electrons. The van der Waals surface area contributed by atoms with Gasteiger partial charge in [0.05, 0.1) is 11.7 Å². The molecular weight excluding hydrogens is 507 g/mol. The number of amides is 4. The van der Waals surface area contributed by atoms with Gasteiger partial charge < -0.3 is 30.3 Å². The van der Waals surface area contributed by atoms with E-state index in [2.05, 4.69) is 10.6 Å². The minimum atomic E-state index is -2.36. The van der Waals surface area contributed by atoms with Crippen LogP contribution in [0.1, 0.15) is 71.7 Å². The van der Waals surface area contributed by atoms with Crippen LogP contribution >= 0.6 is 0 Å². The number of rotatable bonds is 10. The molecule has 1 heterocycles. The number of hydrogen-bond donors (Lipinski definition) is 3. The van der Waals surface area contributed by atoms with Crippen LogP contribution in [-0.2, 0) is 14.4 Å². The zero-order valence-electron chi connectivity index (χ0n) is 24.2. The van der Waals surface area contributed by atoms with Crippen molar-refractivity contribution in [3.63, 3.8) is 0 Å². The second kappa shape index (κ2) is 13.2. The Labute approximate surface area is 230 Å². The summed E-state index contributed by atoms with van der Waals surface area (Å²) >= 11 is 0. The highest BCUT2D eigenvalue weighted by Gasteiger charge is 2.43. The summed E-state index contributed by atoms with van der Waals surface area (Å²) in [6.07, 6.45) is -2.86. The van der Waals surface area contributed by atoms with Crippen LogP contribution in [0.2, 0.25) is 0 Å². The third-order valence-electron chi connectivity index (χ3n) is 6.35. The van der Waals surface area contributed by atoms with E-state index in [1.165, 1.54) is 28.0 Å². The van der Waals surface area contributed by atoms with Crippen molar-refractivity contribution >= 4 is 23.6 Å². The molecule has 1 aromatic rings. The number of nitrogens with zero attached hydrogens (tertiary/aromatic N) is 2. The first-order valence-electron chi connectivity index (χ1n) is 13.3. The molecule has 0 unspecified atom stereocenters.